The number of ether oxygens (including phenoxy) is 1. The molecule has 0 amide bonds. The number of thiazole rings is 1. The van der Waals surface area contributed by atoms with Crippen molar-refractivity contribution in [1.29, 1.82) is 0 Å². The minimum atomic E-state index is 0.286. The molecule has 0 saturated heterocycles. The molecule has 0 aromatic carbocycles. The van der Waals surface area contributed by atoms with Crippen molar-refractivity contribution in [2.75, 3.05) is 0 Å². The monoisotopic (exact) mass is 142 g/mol. The number of hydrogen-bond acceptors (Lipinski definition) is 4. The first-order valence-corrected chi connectivity index (χ1v) is 3.18. The Balaban J connectivity index is 2.38. The van der Waals surface area contributed by atoms with Crippen LogP contribution in [0, 0.1) is 0 Å². The molecular formula is C5H4NO2S. The van der Waals surface area contributed by atoms with Crippen LogP contribution in [-0.4, -0.2) is 11.5 Å². The van der Waals surface area contributed by atoms with Crippen molar-refractivity contribution in [2.24, 2.45) is 0 Å². The molecule has 0 unspecified atom stereocenters. The highest BCUT2D eigenvalue weighted by Crippen LogP contribution is 2.05. The average Bonchev–Trinajstić information content (AvgIpc) is 2.34. The largest absolute Gasteiger partial charge is 0.451 e. The maximum atomic E-state index is 9.54. The molecule has 0 bridgehead atoms. The van der Waals surface area contributed by atoms with Gasteiger partial charge in [0.2, 0.25) is 0 Å². The highest BCUT2D eigenvalue weighted by atomic mass is 32.1. The molecule has 1 aromatic rings. The Bertz CT molecular complexity index is 173. The van der Waals surface area contributed by atoms with E-state index in [1.807, 2.05) is 0 Å². The molecule has 0 aliphatic rings. The van der Waals surface area contributed by atoms with E-state index in [9.17, 15) is 4.79 Å². The Hall–Kier alpha value is -0.900. The summed E-state index contributed by atoms with van der Waals surface area (Å²) in [6, 6.07) is 0. The van der Waals surface area contributed by atoms with Crippen molar-refractivity contribution in [1.82, 2.24) is 4.98 Å². The summed E-state index contributed by atoms with van der Waals surface area (Å²) < 4.78 is 4.34. The molecule has 0 fully saturated rings. The molecule has 1 radical (unpaired) electrons. The second-order valence-electron chi connectivity index (χ2n) is 1.34. The Morgan fingerprint density at radius 2 is 2.78 bits per heavy atom. The lowest BCUT2D eigenvalue weighted by molar-refractivity contribution is 0.270. The molecule has 0 spiro atoms. The van der Waals surface area contributed by atoms with E-state index in [1.54, 1.807) is 11.7 Å². The summed E-state index contributed by atoms with van der Waals surface area (Å²) in [4.78, 5) is 14.2. The van der Waals surface area contributed by atoms with E-state index in [-0.39, 0.29) is 6.61 Å². The van der Waals surface area contributed by atoms with Gasteiger partial charge in [-0.05, 0) is 0 Å². The Labute approximate surface area is 56.3 Å². The van der Waals surface area contributed by atoms with Crippen molar-refractivity contribution in [3.05, 3.63) is 16.6 Å². The van der Waals surface area contributed by atoms with Crippen molar-refractivity contribution in [3.63, 3.8) is 0 Å². The summed E-state index contributed by atoms with van der Waals surface area (Å²) >= 11 is 1.45. The second kappa shape index (κ2) is 3.19. The van der Waals surface area contributed by atoms with Crippen molar-refractivity contribution in [3.8, 4) is 0 Å². The third-order valence-corrected chi connectivity index (χ3v) is 1.51. The summed E-state index contributed by atoms with van der Waals surface area (Å²) in [6.07, 6.45) is 1.65. The number of hydrogen-bond donors (Lipinski definition) is 0. The molecule has 0 saturated carbocycles. The van der Waals surface area contributed by atoms with Crippen LogP contribution in [0.3, 0.4) is 0 Å². The molecule has 0 N–H and O–H groups in total. The highest BCUT2D eigenvalue weighted by Gasteiger charge is 1.91. The molecule has 0 aliphatic carbocycles. The van der Waals surface area contributed by atoms with Gasteiger partial charge in [0.05, 0.1) is 10.4 Å². The van der Waals surface area contributed by atoms with Crippen LogP contribution in [0.25, 0.3) is 0 Å². The fourth-order valence-corrected chi connectivity index (χ4v) is 0.920. The van der Waals surface area contributed by atoms with Gasteiger partial charge in [-0.15, -0.1) is 11.3 Å². The van der Waals surface area contributed by atoms with E-state index in [1.165, 1.54) is 17.8 Å². The Morgan fingerprint density at radius 1 is 1.89 bits per heavy atom. The van der Waals surface area contributed by atoms with Gasteiger partial charge in [-0.3, -0.25) is 4.98 Å². The molecule has 4 heteroatoms. The number of nitrogens with zero attached hydrogens (tertiary/aromatic N) is 1. The highest BCUT2D eigenvalue weighted by molar-refractivity contribution is 7.09. The Morgan fingerprint density at radius 3 is 3.33 bits per heavy atom. The first-order valence-electron chi connectivity index (χ1n) is 2.30. The lowest BCUT2D eigenvalue weighted by atomic mass is 10.6. The summed E-state index contributed by atoms with van der Waals surface area (Å²) in [5, 5.41) is 0. The van der Waals surface area contributed by atoms with Gasteiger partial charge in [0.25, 0.3) is 0 Å². The quantitative estimate of drug-likeness (QED) is 0.624. The smallest absolute Gasteiger partial charge is 0.417 e. The molecule has 1 heterocycles. The van der Waals surface area contributed by atoms with Gasteiger partial charge < -0.3 is 4.74 Å². The van der Waals surface area contributed by atoms with Gasteiger partial charge in [-0.2, -0.15) is 0 Å². The van der Waals surface area contributed by atoms with E-state index < -0.39 is 0 Å². The van der Waals surface area contributed by atoms with Crippen molar-refractivity contribution >= 4 is 17.8 Å². The summed E-state index contributed by atoms with van der Waals surface area (Å²) in [5.41, 5.74) is 1.68. The van der Waals surface area contributed by atoms with Gasteiger partial charge in [-0.1, -0.05) is 0 Å². The number of carbonyl (C=O) groups excluding carboxylic acids is 1. The first kappa shape index (κ1) is 6.22. The van der Waals surface area contributed by atoms with E-state index in [0.717, 1.165) is 4.88 Å². The third kappa shape index (κ3) is 1.81. The SMILES string of the molecule is O=[C]OCc1cncs1. The molecule has 3 nitrogen and oxygen atoms in total. The fourth-order valence-electron chi connectivity index (χ4n) is 0.414. The van der Waals surface area contributed by atoms with Crippen LogP contribution in [0.15, 0.2) is 11.7 Å². The molecule has 1 rings (SSSR count). The van der Waals surface area contributed by atoms with Crippen LogP contribution in [-0.2, 0) is 16.1 Å². The minimum Gasteiger partial charge on any atom is -0.451 e. The zero-order valence-electron chi connectivity index (χ0n) is 4.53. The van der Waals surface area contributed by atoms with Crippen LogP contribution in [0.4, 0.5) is 0 Å². The van der Waals surface area contributed by atoms with Crippen molar-refractivity contribution < 1.29 is 9.53 Å². The van der Waals surface area contributed by atoms with Gasteiger partial charge in [0.15, 0.2) is 0 Å². The van der Waals surface area contributed by atoms with Gasteiger partial charge in [-0.25, -0.2) is 4.79 Å². The predicted molar refractivity (Wildman–Crippen MR) is 32.6 cm³/mol. The summed E-state index contributed by atoms with van der Waals surface area (Å²) in [5.74, 6) is 0. The van der Waals surface area contributed by atoms with E-state index >= 15 is 0 Å². The lowest BCUT2D eigenvalue weighted by Crippen LogP contribution is -1.84. The van der Waals surface area contributed by atoms with Crippen LogP contribution < -0.4 is 0 Å². The third-order valence-electron chi connectivity index (χ3n) is 0.757. The minimum absolute atomic E-state index is 0.286. The van der Waals surface area contributed by atoms with Crippen LogP contribution in [0.1, 0.15) is 4.88 Å². The summed E-state index contributed by atoms with van der Waals surface area (Å²) in [6.45, 7) is 1.62. The van der Waals surface area contributed by atoms with Crippen molar-refractivity contribution in [2.45, 2.75) is 6.61 Å². The zero-order valence-corrected chi connectivity index (χ0v) is 5.35. The molecule has 0 aliphatic heterocycles. The van der Waals surface area contributed by atoms with Crippen LogP contribution in [0.2, 0.25) is 0 Å². The van der Waals surface area contributed by atoms with E-state index in [0.29, 0.717) is 0 Å². The van der Waals surface area contributed by atoms with Crippen LogP contribution in [0.5, 0.6) is 0 Å². The average molecular weight is 142 g/mol. The fraction of sp³-hybridized carbons (Fsp3) is 0.200. The Kier molecular flexibility index (Phi) is 2.21. The van der Waals surface area contributed by atoms with Gasteiger partial charge >= 0.3 is 6.47 Å². The standard InChI is InChI=1S/C5H4NO2S/c7-4-8-2-5-1-6-3-9-5/h1,3H,2H2. The first-order chi connectivity index (χ1) is 4.43. The van der Waals surface area contributed by atoms with Gasteiger partial charge in [0.1, 0.15) is 6.61 Å². The molecular weight excluding hydrogens is 138 g/mol. The topological polar surface area (TPSA) is 39.2 Å². The maximum absolute atomic E-state index is 9.54. The molecule has 47 valence electrons. The molecule has 9 heavy (non-hydrogen) atoms. The molecule has 1 aromatic heterocycles. The number of rotatable bonds is 3. The maximum Gasteiger partial charge on any atom is 0.417 e. The zero-order chi connectivity index (χ0) is 6.53. The van der Waals surface area contributed by atoms with E-state index in [2.05, 4.69) is 9.72 Å². The predicted octanol–water partition coefficient (Wildman–Crippen LogP) is 0.727. The van der Waals surface area contributed by atoms with Gasteiger partial charge in [0, 0.05) is 6.20 Å². The number of aromatic nitrogens is 1. The normalized spacial score (nSPS) is 8.89. The lowest BCUT2D eigenvalue weighted by Gasteiger charge is -1.87. The summed E-state index contributed by atoms with van der Waals surface area (Å²) in [7, 11) is 0. The van der Waals surface area contributed by atoms with E-state index in [4.69, 9.17) is 0 Å². The molecule has 0 atom stereocenters. The van der Waals surface area contributed by atoms with Crippen LogP contribution >= 0.6 is 11.3 Å². The second-order valence-corrected chi connectivity index (χ2v) is 2.31.